The molecule has 5 heteroatoms. The van der Waals surface area contributed by atoms with Crippen molar-refractivity contribution >= 4 is 47.0 Å². The van der Waals surface area contributed by atoms with Crippen LogP contribution in [0.3, 0.4) is 0 Å². The average molecular weight is 431 g/mol. The molecule has 0 radical (unpaired) electrons. The Balaban J connectivity index is -0.0000000639. The summed E-state index contributed by atoms with van der Waals surface area (Å²) in [5.41, 5.74) is 0. The summed E-state index contributed by atoms with van der Waals surface area (Å²) in [6, 6.07) is 0. The molecule has 0 saturated heterocycles. The van der Waals surface area contributed by atoms with Gasteiger partial charge < -0.3 is 33.0 Å². The molecular weight excluding hydrogens is 399 g/mol. The van der Waals surface area contributed by atoms with Gasteiger partial charge in [-0.1, -0.05) is 26.7 Å². The average Bonchev–Trinajstić information content (AvgIpc) is 2.36. The van der Waals surface area contributed by atoms with Crippen molar-refractivity contribution in [3.05, 3.63) is 26.7 Å². The maximum atomic E-state index is 9.98. The van der Waals surface area contributed by atoms with Gasteiger partial charge in [0.2, 0.25) is 0 Å². The summed E-state index contributed by atoms with van der Waals surface area (Å²) in [5, 5.41) is 0. The third kappa shape index (κ3) is 92.2. The maximum Gasteiger partial charge on any atom is 4.00 e. The molecule has 0 aromatic carbocycles. The van der Waals surface area contributed by atoms with E-state index in [1.165, 1.54) is 40.5 Å². The summed E-state index contributed by atoms with van der Waals surface area (Å²) in [7, 11) is 0. The van der Waals surface area contributed by atoms with E-state index < -0.39 is 0 Å². The van der Waals surface area contributed by atoms with Crippen molar-refractivity contribution in [2.75, 3.05) is 0 Å². The van der Waals surface area contributed by atoms with E-state index in [4.69, 9.17) is 0 Å². The first-order valence-corrected chi connectivity index (χ1v) is 7.39. The van der Waals surface area contributed by atoms with E-state index in [9.17, 15) is 19.2 Å². The third-order valence-corrected chi connectivity index (χ3v) is 1.52. The van der Waals surface area contributed by atoms with Crippen LogP contribution in [0.25, 0.3) is 0 Å². The molecule has 0 aliphatic rings. The van der Waals surface area contributed by atoms with Gasteiger partial charge in [-0.2, -0.15) is 12.8 Å². The first-order chi connectivity index (χ1) is 10.1. The molecule has 0 aliphatic carbocycles. The smallest absolute Gasteiger partial charge is 0.343 e. The van der Waals surface area contributed by atoms with Crippen LogP contribution in [-0.4, -0.2) is 47.0 Å². The molecule has 0 N–H and O–H groups in total. The van der Waals surface area contributed by atoms with Crippen molar-refractivity contribution in [3.63, 3.8) is 0 Å². The zero-order valence-electron chi connectivity index (χ0n) is 15.5. The first kappa shape index (κ1) is 33.7. The zero-order valence-corrected chi connectivity index (χ0v) is 18.4. The molecule has 4 nitrogen and oxygen atoms in total. The number of ketones is 4. The second kappa shape index (κ2) is 29.3. The molecule has 0 amide bonds. The predicted molar refractivity (Wildman–Crippen MR) is 97.6 cm³/mol. The van der Waals surface area contributed by atoms with Crippen molar-refractivity contribution in [2.45, 2.75) is 67.2 Å². The molecule has 0 aromatic rings. The standard InChI is InChI=1S/2C5H7O2.2C4H9.Sn/c2*1-4(6)3-5(2)7;2*1-3-4-2;/h2*3H,1-2H3;2*1,3-4H2,2H3;/q4*-1;+4. The topological polar surface area (TPSA) is 68.3 Å². The Labute approximate surface area is 160 Å². The van der Waals surface area contributed by atoms with E-state index in [0.717, 1.165) is 25.7 Å². The number of rotatable bonds is 6. The largest absolute Gasteiger partial charge is 4.00 e. The fraction of sp³-hybridized carbons (Fsp3) is 0.556. The molecule has 0 aromatic heterocycles. The second-order valence-corrected chi connectivity index (χ2v) is 4.44. The molecule has 0 rings (SSSR count). The molecule has 0 spiro atoms. The van der Waals surface area contributed by atoms with Crippen molar-refractivity contribution in [3.8, 4) is 0 Å². The van der Waals surface area contributed by atoms with Crippen LogP contribution in [-0.2, 0) is 19.2 Å². The Morgan fingerprint density at radius 2 is 0.783 bits per heavy atom. The Kier molecular flexibility index (Phi) is 42.9. The van der Waals surface area contributed by atoms with Crippen molar-refractivity contribution in [1.29, 1.82) is 0 Å². The number of hydrogen-bond acceptors (Lipinski definition) is 4. The van der Waals surface area contributed by atoms with Gasteiger partial charge in [-0.3, -0.25) is 12.8 Å². The fourth-order valence-electron chi connectivity index (χ4n) is 0.572. The summed E-state index contributed by atoms with van der Waals surface area (Å²) in [6.07, 6.45) is 6.67. The van der Waals surface area contributed by atoms with Crippen molar-refractivity contribution in [2.24, 2.45) is 0 Å². The Hall–Kier alpha value is -0.781. The van der Waals surface area contributed by atoms with Crippen LogP contribution in [0.2, 0.25) is 0 Å². The minimum absolute atomic E-state index is 0. The zero-order chi connectivity index (χ0) is 18.6. The van der Waals surface area contributed by atoms with E-state index in [1.807, 2.05) is 0 Å². The van der Waals surface area contributed by atoms with Gasteiger partial charge in [0.1, 0.15) is 0 Å². The summed E-state index contributed by atoms with van der Waals surface area (Å²) in [6.45, 7) is 16.8. The van der Waals surface area contributed by atoms with Crippen LogP contribution < -0.4 is 0 Å². The molecule has 0 saturated carbocycles. The Morgan fingerprint density at radius 1 is 0.652 bits per heavy atom. The molecule has 132 valence electrons. The summed E-state index contributed by atoms with van der Waals surface area (Å²) < 4.78 is 0. The van der Waals surface area contributed by atoms with Gasteiger partial charge in [-0.25, -0.2) is 0 Å². The SMILES string of the molecule is CC(=O)[CH-]C(C)=O.CC(=O)[CH-]C(C)=O.[CH2-]CCC.[CH2-]CCC.[Sn+4]. The predicted octanol–water partition coefficient (Wildman–Crippen LogP) is 3.60. The third-order valence-electron chi connectivity index (χ3n) is 1.52. The maximum absolute atomic E-state index is 9.98. The van der Waals surface area contributed by atoms with Crippen LogP contribution in [0.5, 0.6) is 0 Å². The van der Waals surface area contributed by atoms with Crippen molar-refractivity contribution in [1.82, 2.24) is 0 Å². The van der Waals surface area contributed by atoms with E-state index in [1.54, 1.807) is 0 Å². The Morgan fingerprint density at radius 3 is 0.783 bits per heavy atom. The van der Waals surface area contributed by atoms with Crippen molar-refractivity contribution < 1.29 is 19.2 Å². The number of Topliss-reactive ketones (excluding diaryl/α,β-unsaturated/α-hetero) is 4. The molecule has 0 atom stereocenters. The summed E-state index contributed by atoms with van der Waals surface area (Å²) >= 11 is 0. The van der Waals surface area contributed by atoms with Gasteiger partial charge in [-0.05, 0) is 27.7 Å². The molecule has 23 heavy (non-hydrogen) atoms. The van der Waals surface area contributed by atoms with E-state index in [-0.39, 0.29) is 47.0 Å². The molecule has 0 bridgehead atoms. The monoisotopic (exact) mass is 432 g/mol. The minimum atomic E-state index is -0.187. The van der Waals surface area contributed by atoms with Gasteiger partial charge in [0.15, 0.2) is 0 Å². The van der Waals surface area contributed by atoms with Gasteiger partial charge in [0.25, 0.3) is 0 Å². The van der Waals surface area contributed by atoms with E-state index in [0.29, 0.717) is 0 Å². The van der Waals surface area contributed by atoms with Crippen LogP contribution in [0, 0.1) is 26.7 Å². The number of carbonyl (C=O) groups is 4. The molecule has 0 fully saturated rings. The fourth-order valence-corrected chi connectivity index (χ4v) is 0.572. The quantitative estimate of drug-likeness (QED) is 0.366. The minimum Gasteiger partial charge on any atom is -0.343 e. The van der Waals surface area contributed by atoms with Gasteiger partial charge in [0.05, 0.1) is 0 Å². The van der Waals surface area contributed by atoms with Crippen LogP contribution >= 0.6 is 0 Å². The van der Waals surface area contributed by atoms with Gasteiger partial charge >= 0.3 is 23.9 Å². The van der Waals surface area contributed by atoms with Gasteiger partial charge in [-0.15, -0.1) is 0 Å². The van der Waals surface area contributed by atoms with E-state index >= 15 is 0 Å². The summed E-state index contributed by atoms with van der Waals surface area (Å²) in [5.74, 6) is -0.750. The Bertz CT molecular complexity index is 241. The molecule has 0 aliphatic heterocycles. The number of hydrogen-bond donors (Lipinski definition) is 0. The number of unbranched alkanes of at least 4 members (excludes halogenated alkanes) is 2. The second-order valence-electron chi connectivity index (χ2n) is 4.44. The molecule has 0 heterocycles. The van der Waals surface area contributed by atoms with Crippen LogP contribution in [0.15, 0.2) is 0 Å². The molecule has 0 unspecified atom stereocenters. The number of carbonyl (C=O) groups excluding carboxylic acids is 4. The van der Waals surface area contributed by atoms with Crippen LogP contribution in [0.1, 0.15) is 67.2 Å². The van der Waals surface area contributed by atoms with Gasteiger partial charge in [0, 0.05) is 23.1 Å². The van der Waals surface area contributed by atoms with E-state index in [2.05, 4.69) is 27.7 Å². The molecular formula is C18H32O4Sn. The summed E-state index contributed by atoms with van der Waals surface area (Å²) in [4.78, 5) is 39.9. The first-order valence-electron chi connectivity index (χ1n) is 7.39. The van der Waals surface area contributed by atoms with Crippen LogP contribution in [0.4, 0.5) is 0 Å². The normalized spacial score (nSPS) is 7.30.